The van der Waals surface area contributed by atoms with E-state index in [4.69, 9.17) is 10.00 Å². The summed E-state index contributed by atoms with van der Waals surface area (Å²) in [5.41, 5.74) is -0.892. The van der Waals surface area contributed by atoms with E-state index in [9.17, 15) is 10.2 Å². The number of hydrogen-bond donors (Lipinski definition) is 2. The van der Waals surface area contributed by atoms with Crippen LogP contribution in [0.2, 0.25) is 0 Å². The van der Waals surface area contributed by atoms with Crippen molar-refractivity contribution in [2.24, 2.45) is 0 Å². The van der Waals surface area contributed by atoms with Gasteiger partial charge in [0.25, 0.3) is 0 Å². The standard InChI is InChI=1S/C16H21N3O3/c1-15(21)11-16(22-10-13(15)20)4-6-19(7-5-16)14-3-2-12(8-17)9-18-14/h2-3,9,13,20-21H,4-7,10-11H2,1H3/t13-,15-/m0/s1. The lowest BCUT2D eigenvalue weighted by Gasteiger charge is -2.50. The van der Waals surface area contributed by atoms with Crippen molar-refractivity contribution in [3.63, 3.8) is 0 Å². The molecule has 22 heavy (non-hydrogen) atoms. The van der Waals surface area contributed by atoms with Crippen LogP contribution < -0.4 is 4.90 Å². The molecule has 2 N–H and O–H groups in total. The molecule has 2 saturated heterocycles. The van der Waals surface area contributed by atoms with Crippen molar-refractivity contribution in [2.45, 2.75) is 43.5 Å². The molecule has 0 saturated carbocycles. The molecule has 0 amide bonds. The van der Waals surface area contributed by atoms with Crippen LogP contribution in [0.1, 0.15) is 31.7 Å². The third-order valence-corrected chi connectivity index (χ3v) is 4.82. The molecule has 0 radical (unpaired) electrons. The molecule has 1 aromatic heterocycles. The normalized spacial score (nSPS) is 31.0. The largest absolute Gasteiger partial charge is 0.388 e. The van der Waals surface area contributed by atoms with Gasteiger partial charge < -0.3 is 19.8 Å². The quantitative estimate of drug-likeness (QED) is 0.798. The Hall–Kier alpha value is -1.68. The summed E-state index contributed by atoms with van der Waals surface area (Å²) in [5, 5.41) is 28.9. The first-order chi connectivity index (χ1) is 10.4. The fourth-order valence-corrected chi connectivity index (χ4v) is 3.36. The molecule has 0 aromatic carbocycles. The zero-order chi connectivity index (χ0) is 15.8. The first-order valence-corrected chi connectivity index (χ1v) is 7.60. The van der Waals surface area contributed by atoms with Gasteiger partial charge in [0.1, 0.15) is 18.0 Å². The minimum atomic E-state index is -1.09. The number of nitrogens with zero attached hydrogens (tertiary/aromatic N) is 3. The molecule has 2 aliphatic rings. The average Bonchev–Trinajstić information content (AvgIpc) is 2.52. The highest BCUT2D eigenvalue weighted by Gasteiger charge is 2.48. The van der Waals surface area contributed by atoms with Crippen LogP contribution >= 0.6 is 0 Å². The lowest BCUT2D eigenvalue weighted by atomic mass is 9.76. The number of nitriles is 1. The van der Waals surface area contributed by atoms with E-state index in [1.54, 1.807) is 19.2 Å². The fraction of sp³-hybridized carbons (Fsp3) is 0.625. The second-order valence-corrected chi connectivity index (χ2v) is 6.55. The Morgan fingerprint density at radius 1 is 1.41 bits per heavy atom. The lowest BCUT2D eigenvalue weighted by molar-refractivity contribution is -0.216. The minimum Gasteiger partial charge on any atom is -0.388 e. The second kappa shape index (κ2) is 5.51. The number of aliphatic hydroxyl groups excluding tert-OH is 1. The molecular formula is C16H21N3O3. The summed E-state index contributed by atoms with van der Waals surface area (Å²) in [6.07, 6.45) is 2.79. The zero-order valence-electron chi connectivity index (χ0n) is 12.7. The van der Waals surface area contributed by atoms with E-state index >= 15 is 0 Å². The van der Waals surface area contributed by atoms with Crippen molar-refractivity contribution in [1.82, 2.24) is 4.98 Å². The number of aromatic nitrogens is 1. The number of aliphatic hydroxyl groups is 2. The van der Waals surface area contributed by atoms with Gasteiger partial charge in [-0.2, -0.15) is 5.26 Å². The summed E-state index contributed by atoms with van der Waals surface area (Å²) in [7, 11) is 0. The smallest absolute Gasteiger partial charge is 0.128 e. The Labute approximate surface area is 130 Å². The number of rotatable bonds is 1. The van der Waals surface area contributed by atoms with Crippen molar-refractivity contribution in [3.05, 3.63) is 23.9 Å². The molecule has 6 nitrogen and oxygen atoms in total. The Bertz CT molecular complexity index is 571. The second-order valence-electron chi connectivity index (χ2n) is 6.55. The van der Waals surface area contributed by atoms with Crippen molar-refractivity contribution in [2.75, 3.05) is 24.6 Å². The Morgan fingerprint density at radius 2 is 2.14 bits per heavy atom. The van der Waals surface area contributed by atoms with E-state index < -0.39 is 11.7 Å². The highest BCUT2D eigenvalue weighted by Crippen LogP contribution is 2.40. The molecule has 2 fully saturated rings. The summed E-state index contributed by atoms with van der Waals surface area (Å²) in [4.78, 5) is 6.48. The van der Waals surface area contributed by atoms with Gasteiger partial charge in [-0.15, -0.1) is 0 Å². The molecule has 3 rings (SSSR count). The lowest BCUT2D eigenvalue weighted by Crippen LogP contribution is -2.59. The van der Waals surface area contributed by atoms with Gasteiger partial charge in [-0.1, -0.05) is 0 Å². The number of piperidine rings is 1. The third kappa shape index (κ3) is 2.80. The Balaban J connectivity index is 1.66. The zero-order valence-corrected chi connectivity index (χ0v) is 12.7. The van der Waals surface area contributed by atoms with E-state index in [-0.39, 0.29) is 12.2 Å². The van der Waals surface area contributed by atoms with Crippen LogP contribution in [0, 0.1) is 11.3 Å². The van der Waals surface area contributed by atoms with Crippen molar-refractivity contribution >= 4 is 5.82 Å². The summed E-state index contributed by atoms with van der Waals surface area (Å²) in [6.45, 7) is 3.43. The van der Waals surface area contributed by atoms with Crippen LogP contribution in [0.15, 0.2) is 18.3 Å². The molecular weight excluding hydrogens is 282 g/mol. The van der Waals surface area contributed by atoms with Gasteiger partial charge in [-0.25, -0.2) is 4.98 Å². The molecule has 1 spiro atoms. The van der Waals surface area contributed by atoms with Gasteiger partial charge in [0.2, 0.25) is 0 Å². The van der Waals surface area contributed by atoms with Crippen LogP contribution in [0.3, 0.4) is 0 Å². The van der Waals surface area contributed by atoms with Gasteiger partial charge >= 0.3 is 0 Å². The molecule has 3 heterocycles. The SMILES string of the molecule is C[C@]1(O)CC2(CCN(c3ccc(C#N)cn3)CC2)OC[C@@H]1O. The van der Waals surface area contributed by atoms with Crippen molar-refractivity contribution in [3.8, 4) is 6.07 Å². The van der Waals surface area contributed by atoms with E-state index in [0.29, 0.717) is 12.0 Å². The van der Waals surface area contributed by atoms with Gasteiger partial charge in [0, 0.05) is 25.7 Å². The van der Waals surface area contributed by atoms with Crippen LogP contribution in [-0.4, -0.2) is 52.2 Å². The predicted octanol–water partition coefficient (Wildman–Crippen LogP) is 0.824. The summed E-state index contributed by atoms with van der Waals surface area (Å²) < 4.78 is 5.87. The maximum absolute atomic E-state index is 10.3. The molecule has 0 unspecified atom stereocenters. The topological polar surface area (TPSA) is 89.6 Å². The molecule has 0 aliphatic carbocycles. The van der Waals surface area contributed by atoms with Gasteiger partial charge in [0.05, 0.1) is 23.4 Å². The van der Waals surface area contributed by atoms with Crippen LogP contribution in [-0.2, 0) is 4.74 Å². The highest BCUT2D eigenvalue weighted by atomic mass is 16.5. The monoisotopic (exact) mass is 303 g/mol. The molecule has 0 bridgehead atoms. The molecule has 2 aliphatic heterocycles. The maximum Gasteiger partial charge on any atom is 0.128 e. The molecule has 6 heteroatoms. The van der Waals surface area contributed by atoms with E-state index in [0.717, 1.165) is 31.7 Å². The first kappa shape index (κ1) is 15.2. The number of ether oxygens (including phenoxy) is 1. The van der Waals surface area contributed by atoms with E-state index in [2.05, 4.69) is 16.0 Å². The van der Waals surface area contributed by atoms with Gasteiger partial charge in [-0.3, -0.25) is 0 Å². The number of pyridine rings is 1. The van der Waals surface area contributed by atoms with E-state index in [1.807, 2.05) is 6.07 Å². The minimum absolute atomic E-state index is 0.183. The molecule has 2 atom stereocenters. The molecule has 1 aromatic rings. The van der Waals surface area contributed by atoms with Crippen molar-refractivity contribution < 1.29 is 14.9 Å². The van der Waals surface area contributed by atoms with Crippen molar-refractivity contribution in [1.29, 1.82) is 5.26 Å². The van der Waals surface area contributed by atoms with E-state index in [1.165, 1.54) is 0 Å². The summed E-state index contributed by atoms with van der Waals surface area (Å²) in [5.74, 6) is 0.858. The average molecular weight is 303 g/mol. The first-order valence-electron chi connectivity index (χ1n) is 7.60. The predicted molar refractivity (Wildman–Crippen MR) is 80.3 cm³/mol. The maximum atomic E-state index is 10.3. The molecule has 118 valence electrons. The Kier molecular flexibility index (Phi) is 3.81. The fourth-order valence-electron chi connectivity index (χ4n) is 3.36. The highest BCUT2D eigenvalue weighted by molar-refractivity contribution is 5.42. The number of hydrogen-bond acceptors (Lipinski definition) is 6. The van der Waals surface area contributed by atoms with Gasteiger partial charge in [0.15, 0.2) is 0 Å². The van der Waals surface area contributed by atoms with Crippen LogP contribution in [0.25, 0.3) is 0 Å². The summed E-state index contributed by atoms with van der Waals surface area (Å²) in [6, 6.07) is 5.69. The van der Waals surface area contributed by atoms with Gasteiger partial charge in [-0.05, 0) is 31.9 Å². The summed E-state index contributed by atoms with van der Waals surface area (Å²) >= 11 is 0. The van der Waals surface area contributed by atoms with Crippen LogP contribution in [0.5, 0.6) is 0 Å². The Morgan fingerprint density at radius 3 is 2.68 bits per heavy atom. The van der Waals surface area contributed by atoms with Crippen LogP contribution in [0.4, 0.5) is 5.82 Å². The third-order valence-electron chi connectivity index (χ3n) is 4.82. The number of anilines is 1.